The first-order chi connectivity index (χ1) is 8.24. The Bertz CT molecular complexity index is 329. The first-order valence-electron chi connectivity index (χ1n) is 6.66. The van der Waals surface area contributed by atoms with Crippen LogP contribution in [0, 0.1) is 5.92 Å². The maximum atomic E-state index is 10.1. The lowest BCUT2D eigenvalue weighted by molar-refractivity contribution is 0.138. The van der Waals surface area contributed by atoms with Crippen LogP contribution in [0.15, 0.2) is 12.1 Å². The van der Waals surface area contributed by atoms with Crippen molar-refractivity contribution in [1.29, 1.82) is 0 Å². The zero-order valence-electron chi connectivity index (χ0n) is 10.2. The van der Waals surface area contributed by atoms with E-state index in [9.17, 15) is 5.11 Å². The first kappa shape index (κ1) is 13.4. The van der Waals surface area contributed by atoms with E-state index in [1.165, 1.54) is 43.4 Å². The Labute approximate surface area is 113 Å². The molecule has 2 rings (SSSR count). The normalized spacial score (nSPS) is 20.1. The van der Waals surface area contributed by atoms with Gasteiger partial charge in [0, 0.05) is 11.3 Å². The fourth-order valence-corrected chi connectivity index (χ4v) is 3.92. The first-order valence-corrected chi connectivity index (χ1v) is 7.86. The summed E-state index contributed by atoms with van der Waals surface area (Å²) < 4.78 is 0.821. The van der Waals surface area contributed by atoms with Crippen molar-refractivity contribution in [1.82, 2.24) is 0 Å². The fraction of sp³-hybridized carbons (Fsp3) is 0.714. The molecule has 0 radical (unpaired) electrons. The van der Waals surface area contributed by atoms with Crippen molar-refractivity contribution in [2.24, 2.45) is 5.92 Å². The van der Waals surface area contributed by atoms with Gasteiger partial charge in [-0.25, -0.2) is 0 Å². The Kier molecular flexibility index (Phi) is 5.33. The van der Waals surface area contributed by atoms with E-state index in [4.69, 9.17) is 11.6 Å². The van der Waals surface area contributed by atoms with Gasteiger partial charge in [-0.2, -0.15) is 0 Å². The van der Waals surface area contributed by atoms with Crippen LogP contribution >= 0.6 is 22.9 Å². The molecule has 1 aromatic rings. The fourth-order valence-electron chi connectivity index (χ4n) is 2.76. The predicted octanol–water partition coefficient (Wildman–Crippen LogP) is 4.67. The lowest BCUT2D eigenvalue weighted by atomic mass is 9.92. The molecule has 1 aromatic heterocycles. The highest BCUT2D eigenvalue weighted by atomic mass is 35.5. The summed E-state index contributed by atoms with van der Waals surface area (Å²) in [6.45, 7) is 0. The number of halogens is 1. The SMILES string of the molecule is OC(Cc1ccc(Cl)s1)CC1CCCCCC1. The van der Waals surface area contributed by atoms with Crippen molar-refractivity contribution in [2.45, 2.75) is 57.5 Å². The van der Waals surface area contributed by atoms with Crippen molar-refractivity contribution in [3.63, 3.8) is 0 Å². The lowest BCUT2D eigenvalue weighted by Crippen LogP contribution is -2.15. The highest BCUT2D eigenvalue weighted by Gasteiger charge is 2.17. The second-order valence-corrected chi connectivity index (χ2v) is 6.96. The molecule has 0 amide bonds. The summed E-state index contributed by atoms with van der Waals surface area (Å²) in [5, 5.41) is 10.1. The van der Waals surface area contributed by atoms with Gasteiger partial charge in [0.15, 0.2) is 0 Å². The van der Waals surface area contributed by atoms with Crippen LogP contribution in [0.3, 0.4) is 0 Å². The summed E-state index contributed by atoms with van der Waals surface area (Å²) in [6.07, 6.45) is 9.63. The largest absolute Gasteiger partial charge is 0.393 e. The van der Waals surface area contributed by atoms with Gasteiger partial charge < -0.3 is 5.11 Å². The number of rotatable bonds is 4. The van der Waals surface area contributed by atoms with E-state index >= 15 is 0 Å². The average Bonchev–Trinajstić information content (AvgIpc) is 2.53. The summed E-state index contributed by atoms with van der Waals surface area (Å²) >= 11 is 7.48. The lowest BCUT2D eigenvalue weighted by Gasteiger charge is -2.17. The Morgan fingerprint density at radius 2 is 1.94 bits per heavy atom. The Morgan fingerprint density at radius 3 is 2.53 bits per heavy atom. The van der Waals surface area contributed by atoms with Crippen LogP contribution in [-0.4, -0.2) is 11.2 Å². The van der Waals surface area contributed by atoms with Gasteiger partial charge in [-0.15, -0.1) is 11.3 Å². The van der Waals surface area contributed by atoms with Crippen LogP contribution in [-0.2, 0) is 6.42 Å². The van der Waals surface area contributed by atoms with E-state index in [0.29, 0.717) is 0 Å². The van der Waals surface area contributed by atoms with E-state index < -0.39 is 0 Å². The van der Waals surface area contributed by atoms with E-state index in [1.807, 2.05) is 12.1 Å². The van der Waals surface area contributed by atoms with Gasteiger partial charge in [-0.1, -0.05) is 50.1 Å². The van der Waals surface area contributed by atoms with E-state index in [-0.39, 0.29) is 6.10 Å². The minimum Gasteiger partial charge on any atom is -0.393 e. The molecule has 1 fully saturated rings. The molecule has 0 aromatic carbocycles. The summed E-state index contributed by atoms with van der Waals surface area (Å²) in [7, 11) is 0. The van der Waals surface area contributed by atoms with Gasteiger partial charge in [0.25, 0.3) is 0 Å². The molecular weight excluding hydrogens is 252 g/mol. The van der Waals surface area contributed by atoms with Gasteiger partial charge in [0.2, 0.25) is 0 Å². The van der Waals surface area contributed by atoms with Crippen LogP contribution < -0.4 is 0 Å². The molecule has 1 saturated carbocycles. The average molecular weight is 273 g/mol. The highest BCUT2D eigenvalue weighted by molar-refractivity contribution is 7.16. The standard InChI is InChI=1S/C14H21ClOS/c15-14-8-7-13(17-14)10-12(16)9-11-5-3-1-2-4-6-11/h7-8,11-12,16H,1-6,9-10H2. The van der Waals surface area contributed by atoms with Gasteiger partial charge in [-0.05, 0) is 24.5 Å². The maximum Gasteiger partial charge on any atom is 0.0931 e. The van der Waals surface area contributed by atoms with Crippen molar-refractivity contribution in [2.75, 3.05) is 0 Å². The summed E-state index contributed by atoms with van der Waals surface area (Å²) in [5.74, 6) is 0.739. The minimum absolute atomic E-state index is 0.187. The zero-order chi connectivity index (χ0) is 12.1. The van der Waals surface area contributed by atoms with E-state index in [2.05, 4.69) is 0 Å². The molecule has 1 heterocycles. The van der Waals surface area contributed by atoms with Crippen molar-refractivity contribution in [3.8, 4) is 0 Å². The number of hydrogen-bond acceptors (Lipinski definition) is 2. The molecule has 17 heavy (non-hydrogen) atoms. The summed E-state index contributed by atoms with van der Waals surface area (Å²) in [4.78, 5) is 1.20. The highest BCUT2D eigenvalue weighted by Crippen LogP contribution is 2.28. The molecule has 0 saturated heterocycles. The third kappa shape index (κ3) is 4.61. The van der Waals surface area contributed by atoms with E-state index in [0.717, 1.165) is 23.1 Å². The number of thiophene rings is 1. The summed E-state index contributed by atoms with van der Waals surface area (Å²) in [5.41, 5.74) is 0. The molecule has 1 N–H and O–H groups in total. The molecule has 0 spiro atoms. The van der Waals surface area contributed by atoms with Gasteiger partial charge in [0.1, 0.15) is 0 Å². The Morgan fingerprint density at radius 1 is 1.24 bits per heavy atom. The number of hydrogen-bond donors (Lipinski definition) is 1. The quantitative estimate of drug-likeness (QED) is 0.790. The second-order valence-electron chi connectivity index (χ2n) is 5.16. The summed E-state index contributed by atoms with van der Waals surface area (Å²) in [6, 6.07) is 3.95. The van der Waals surface area contributed by atoms with Crippen LogP contribution in [0.5, 0.6) is 0 Å². The number of aliphatic hydroxyl groups excluding tert-OH is 1. The molecular formula is C14H21ClOS. The molecule has 96 valence electrons. The molecule has 1 aliphatic carbocycles. The van der Waals surface area contributed by atoms with Crippen LogP contribution in [0.4, 0.5) is 0 Å². The molecule has 3 heteroatoms. The predicted molar refractivity (Wildman–Crippen MR) is 74.8 cm³/mol. The topological polar surface area (TPSA) is 20.2 Å². The zero-order valence-corrected chi connectivity index (χ0v) is 11.8. The minimum atomic E-state index is -0.187. The van der Waals surface area contributed by atoms with E-state index in [1.54, 1.807) is 11.3 Å². The second kappa shape index (κ2) is 6.77. The molecule has 1 aliphatic rings. The molecule has 1 unspecified atom stereocenters. The van der Waals surface area contributed by atoms with Crippen molar-refractivity contribution >= 4 is 22.9 Å². The van der Waals surface area contributed by atoms with Gasteiger partial charge >= 0.3 is 0 Å². The molecule has 0 bridgehead atoms. The third-order valence-electron chi connectivity index (χ3n) is 3.65. The van der Waals surface area contributed by atoms with Crippen molar-refractivity contribution in [3.05, 3.63) is 21.3 Å². The Hall–Kier alpha value is -0.0500. The number of aliphatic hydroxyl groups is 1. The van der Waals surface area contributed by atoms with Gasteiger partial charge in [0.05, 0.1) is 10.4 Å². The van der Waals surface area contributed by atoms with Crippen LogP contribution in [0.1, 0.15) is 49.8 Å². The smallest absolute Gasteiger partial charge is 0.0931 e. The molecule has 1 atom stereocenters. The van der Waals surface area contributed by atoms with Gasteiger partial charge in [-0.3, -0.25) is 0 Å². The van der Waals surface area contributed by atoms with Crippen LogP contribution in [0.2, 0.25) is 4.34 Å². The van der Waals surface area contributed by atoms with Crippen LogP contribution in [0.25, 0.3) is 0 Å². The third-order valence-corrected chi connectivity index (χ3v) is 4.90. The molecule has 0 aliphatic heterocycles. The van der Waals surface area contributed by atoms with Crippen molar-refractivity contribution < 1.29 is 5.11 Å². The monoisotopic (exact) mass is 272 g/mol. The molecule has 1 nitrogen and oxygen atoms in total. The Balaban J connectivity index is 1.77. The maximum absolute atomic E-state index is 10.1.